The summed E-state index contributed by atoms with van der Waals surface area (Å²) in [4.78, 5) is 42.4. The number of aliphatic hydroxyl groups is 1. The van der Waals surface area contributed by atoms with Crippen LogP contribution in [0.4, 0.5) is 0 Å². The number of carbonyl (C=O) groups is 3. The summed E-state index contributed by atoms with van der Waals surface area (Å²) in [6.45, 7) is 14.6. The number of hydrogen-bond acceptors (Lipinski definition) is 8. The van der Waals surface area contributed by atoms with Crippen molar-refractivity contribution >= 4 is 17.8 Å². The highest BCUT2D eigenvalue weighted by Crippen LogP contribution is 2.39. The Morgan fingerprint density at radius 1 is 1.02 bits per heavy atom. The van der Waals surface area contributed by atoms with Crippen LogP contribution in [0.3, 0.4) is 0 Å². The Morgan fingerprint density at radius 2 is 1.68 bits per heavy atom. The highest BCUT2D eigenvalue weighted by atomic mass is 16.6. The van der Waals surface area contributed by atoms with Crippen LogP contribution >= 0.6 is 0 Å². The zero-order valence-electron chi connectivity index (χ0n) is 25.0. The fraction of sp³-hybridized carbons (Fsp3) is 0.500. The third kappa shape index (κ3) is 7.81. The predicted octanol–water partition coefficient (Wildman–Crippen LogP) is 4.38. The Hall–Kier alpha value is -3.99. The Bertz CT molecular complexity index is 1370. The third-order valence-electron chi connectivity index (χ3n) is 6.37. The van der Waals surface area contributed by atoms with Crippen molar-refractivity contribution in [1.82, 2.24) is 25.8 Å². The van der Waals surface area contributed by atoms with Crippen LogP contribution in [0.1, 0.15) is 94.8 Å². The second-order valence-electron chi connectivity index (χ2n) is 11.9. The zero-order valence-corrected chi connectivity index (χ0v) is 25.0. The summed E-state index contributed by atoms with van der Waals surface area (Å²) < 4.78 is 11.2. The second-order valence-corrected chi connectivity index (χ2v) is 11.9. The minimum absolute atomic E-state index is 0.0485. The molecule has 0 aliphatic rings. The van der Waals surface area contributed by atoms with Gasteiger partial charge in [0.15, 0.2) is 6.04 Å². The maximum atomic E-state index is 12.9. The van der Waals surface area contributed by atoms with Crippen molar-refractivity contribution < 1.29 is 28.6 Å². The number of nitrogens with zero attached hydrogens (tertiary/aromatic N) is 2. The average molecular weight is 568 g/mol. The van der Waals surface area contributed by atoms with Crippen LogP contribution in [0.15, 0.2) is 34.9 Å². The van der Waals surface area contributed by atoms with Gasteiger partial charge in [0.05, 0.1) is 18.5 Å². The molecule has 4 N–H and O–H groups in total. The van der Waals surface area contributed by atoms with Gasteiger partial charge in [-0.1, -0.05) is 46.8 Å². The number of nitrogens with one attached hydrogen (secondary N) is 3. The molecule has 11 heteroatoms. The molecule has 0 saturated carbocycles. The largest absolute Gasteiger partial charge is 0.458 e. The number of esters is 1. The summed E-state index contributed by atoms with van der Waals surface area (Å²) in [7, 11) is 0. The molecule has 0 unspecified atom stereocenters. The van der Waals surface area contributed by atoms with Crippen molar-refractivity contribution in [2.24, 2.45) is 0 Å². The fourth-order valence-electron chi connectivity index (χ4n) is 4.37. The molecule has 2 amide bonds. The molecule has 0 aliphatic heterocycles. The van der Waals surface area contributed by atoms with Gasteiger partial charge < -0.3 is 24.9 Å². The maximum Gasteiger partial charge on any atom is 0.331 e. The lowest BCUT2D eigenvalue weighted by Crippen LogP contribution is -2.46. The number of carbonyl (C=O) groups excluding carboxylic acids is 3. The normalized spacial score (nSPS) is 12.7. The minimum atomic E-state index is -1.23. The first-order valence-electron chi connectivity index (χ1n) is 13.8. The van der Waals surface area contributed by atoms with E-state index in [1.807, 2.05) is 52.8 Å². The van der Waals surface area contributed by atoms with Gasteiger partial charge in [-0.05, 0) is 56.7 Å². The molecule has 2 aromatic heterocycles. The molecule has 222 valence electrons. The number of H-pyrrole nitrogens is 1. The number of ether oxygens (including phenoxy) is 1. The zero-order chi connectivity index (χ0) is 30.5. The molecule has 2 heterocycles. The molecule has 0 spiro atoms. The Balaban J connectivity index is 1.93. The summed E-state index contributed by atoms with van der Waals surface area (Å²) in [5, 5.41) is 22.2. The van der Waals surface area contributed by atoms with Gasteiger partial charge in [-0.2, -0.15) is 5.10 Å². The molecule has 3 aromatic rings. The first-order valence-corrected chi connectivity index (χ1v) is 13.8. The van der Waals surface area contributed by atoms with Crippen LogP contribution in [0.2, 0.25) is 0 Å². The van der Waals surface area contributed by atoms with E-state index in [9.17, 15) is 19.5 Å². The highest BCUT2D eigenvalue weighted by Gasteiger charge is 2.29. The van der Waals surface area contributed by atoms with E-state index in [2.05, 4.69) is 25.8 Å². The van der Waals surface area contributed by atoms with E-state index < -0.39 is 35.5 Å². The van der Waals surface area contributed by atoms with Gasteiger partial charge in [0, 0.05) is 17.2 Å². The van der Waals surface area contributed by atoms with Crippen molar-refractivity contribution in [3.05, 3.63) is 47.5 Å². The van der Waals surface area contributed by atoms with E-state index >= 15 is 0 Å². The quantitative estimate of drug-likeness (QED) is 0.263. The van der Waals surface area contributed by atoms with Gasteiger partial charge in [0.25, 0.3) is 11.8 Å². The van der Waals surface area contributed by atoms with Crippen molar-refractivity contribution in [2.75, 3.05) is 6.61 Å². The monoisotopic (exact) mass is 567 g/mol. The number of hydrogen-bond donors (Lipinski definition) is 4. The van der Waals surface area contributed by atoms with Crippen LogP contribution in [0.5, 0.6) is 0 Å². The van der Waals surface area contributed by atoms with Crippen molar-refractivity contribution in [3.8, 4) is 22.7 Å². The van der Waals surface area contributed by atoms with Crippen LogP contribution in [0, 0.1) is 0 Å². The maximum absolute atomic E-state index is 12.9. The van der Waals surface area contributed by atoms with Crippen LogP contribution in [-0.2, 0) is 14.9 Å². The third-order valence-corrected chi connectivity index (χ3v) is 6.37. The number of aliphatic hydroxyl groups excluding tert-OH is 1. The molecular formula is C30H41N5O6. The lowest BCUT2D eigenvalue weighted by Gasteiger charge is -2.25. The predicted molar refractivity (Wildman–Crippen MR) is 154 cm³/mol. The fourth-order valence-corrected chi connectivity index (χ4v) is 4.37. The molecule has 1 aromatic carbocycles. The molecule has 11 nitrogen and oxygen atoms in total. The smallest absolute Gasteiger partial charge is 0.331 e. The second kappa shape index (κ2) is 12.7. The molecule has 41 heavy (non-hydrogen) atoms. The molecule has 3 rings (SSSR count). The number of aromatic amines is 1. The van der Waals surface area contributed by atoms with Crippen LogP contribution in [-0.4, -0.2) is 62.4 Å². The van der Waals surface area contributed by atoms with Gasteiger partial charge in [-0.25, -0.2) is 9.78 Å². The van der Waals surface area contributed by atoms with Crippen molar-refractivity contribution in [1.29, 1.82) is 0 Å². The minimum Gasteiger partial charge on any atom is -0.458 e. The van der Waals surface area contributed by atoms with Crippen molar-refractivity contribution in [3.63, 3.8) is 0 Å². The van der Waals surface area contributed by atoms with E-state index in [0.29, 0.717) is 17.1 Å². The lowest BCUT2D eigenvalue weighted by molar-refractivity contribution is -0.158. The summed E-state index contributed by atoms with van der Waals surface area (Å²) in [6, 6.07) is 5.95. The van der Waals surface area contributed by atoms with Gasteiger partial charge in [-0.3, -0.25) is 14.7 Å². The molecule has 1 atom stereocenters. The van der Waals surface area contributed by atoms with E-state index in [0.717, 1.165) is 24.0 Å². The number of oxazole rings is 1. The summed E-state index contributed by atoms with van der Waals surface area (Å²) in [6.07, 6.45) is 3.04. The number of amides is 2. The van der Waals surface area contributed by atoms with Crippen LogP contribution < -0.4 is 10.6 Å². The van der Waals surface area contributed by atoms with E-state index in [4.69, 9.17) is 9.15 Å². The standard InChI is InChI=1S/C30H41N5O6/c1-9-17(10-2)32-26(38)23-15-31-27(40-23)19-13-11-12-18(24(19)29(3,4)5)20-14-21(35-34-20)25(37)33-22(16-36)28(39)41-30(6,7)8/h11-15,17,22,36H,9-10,16H2,1-8H3,(H,32,38)(H,33,37)(H,34,35)/t22-/m0/s1. The number of rotatable bonds is 10. The Morgan fingerprint density at radius 3 is 2.27 bits per heavy atom. The topological polar surface area (TPSA) is 159 Å². The van der Waals surface area contributed by atoms with Gasteiger partial charge >= 0.3 is 5.97 Å². The average Bonchev–Trinajstić information content (AvgIpc) is 3.59. The van der Waals surface area contributed by atoms with Crippen molar-refractivity contribution in [2.45, 2.75) is 91.3 Å². The van der Waals surface area contributed by atoms with Gasteiger partial charge in [0.1, 0.15) is 11.3 Å². The molecular weight excluding hydrogens is 526 g/mol. The molecule has 0 bridgehead atoms. The Kier molecular flexibility index (Phi) is 9.75. The lowest BCUT2D eigenvalue weighted by atomic mass is 9.79. The molecule has 0 radical (unpaired) electrons. The first-order chi connectivity index (χ1) is 19.2. The molecule has 0 aliphatic carbocycles. The number of aromatic nitrogens is 3. The first kappa shape index (κ1) is 31.5. The Labute approximate surface area is 240 Å². The molecule has 0 saturated heterocycles. The van der Waals surface area contributed by atoms with Crippen LogP contribution in [0.25, 0.3) is 22.7 Å². The van der Waals surface area contributed by atoms with E-state index in [1.54, 1.807) is 26.8 Å². The summed E-state index contributed by atoms with van der Waals surface area (Å²) >= 11 is 0. The number of benzene rings is 1. The molecule has 0 fully saturated rings. The van der Waals surface area contributed by atoms with E-state index in [-0.39, 0.29) is 23.4 Å². The van der Waals surface area contributed by atoms with E-state index in [1.165, 1.54) is 6.20 Å². The summed E-state index contributed by atoms with van der Waals surface area (Å²) in [5.41, 5.74) is 1.69. The summed E-state index contributed by atoms with van der Waals surface area (Å²) in [5.74, 6) is -1.26. The highest BCUT2D eigenvalue weighted by molar-refractivity contribution is 5.96. The SMILES string of the molecule is CCC(CC)NC(=O)c1cnc(-c2cccc(-c3cc(C(=O)N[C@@H](CO)C(=O)OC(C)(C)C)[nH]n3)c2C(C)(C)C)o1. The van der Waals surface area contributed by atoms with Gasteiger partial charge in [-0.15, -0.1) is 0 Å². The van der Waals surface area contributed by atoms with Gasteiger partial charge in [0.2, 0.25) is 11.7 Å².